The van der Waals surface area contributed by atoms with Crippen LogP contribution >= 0.6 is 0 Å². The molecule has 0 aromatic heterocycles. The molecule has 2 atom stereocenters. The SMILES string of the molecule is CC(C)(C)OC(=O)[C@H]1OC2(CCCC2)O[C@H]1C(=O)OC(C)(C)C. The summed E-state index contributed by atoms with van der Waals surface area (Å²) in [7, 11) is 0. The molecule has 6 heteroatoms. The molecule has 0 N–H and O–H groups in total. The minimum Gasteiger partial charge on any atom is -0.458 e. The van der Waals surface area contributed by atoms with E-state index in [1.807, 2.05) is 0 Å². The van der Waals surface area contributed by atoms with Gasteiger partial charge in [0.15, 0.2) is 18.0 Å². The van der Waals surface area contributed by atoms with E-state index >= 15 is 0 Å². The third-order valence-corrected chi connectivity index (χ3v) is 3.60. The molecule has 2 fully saturated rings. The van der Waals surface area contributed by atoms with Gasteiger partial charge in [-0.3, -0.25) is 0 Å². The van der Waals surface area contributed by atoms with Gasteiger partial charge >= 0.3 is 11.9 Å². The van der Waals surface area contributed by atoms with Crippen molar-refractivity contribution >= 4 is 11.9 Å². The molecule has 2 rings (SSSR count). The van der Waals surface area contributed by atoms with Crippen molar-refractivity contribution in [2.24, 2.45) is 0 Å². The number of hydrogen-bond acceptors (Lipinski definition) is 6. The summed E-state index contributed by atoms with van der Waals surface area (Å²) in [6.07, 6.45) is 1.07. The van der Waals surface area contributed by atoms with Crippen molar-refractivity contribution in [3.63, 3.8) is 0 Å². The molecule has 1 saturated carbocycles. The standard InChI is InChI=1S/C17H28O6/c1-15(2,3)22-13(18)11-12(14(19)23-16(4,5)6)21-17(20-11)9-7-8-10-17/h11-12H,7-10H2,1-6H3/t11-,12+. The highest BCUT2D eigenvalue weighted by atomic mass is 16.8. The average Bonchev–Trinajstić information content (AvgIpc) is 2.93. The number of rotatable bonds is 2. The first kappa shape index (κ1) is 18.2. The lowest BCUT2D eigenvalue weighted by atomic mass is 10.1. The van der Waals surface area contributed by atoms with Crippen LogP contribution in [0.15, 0.2) is 0 Å². The van der Waals surface area contributed by atoms with Crippen LogP contribution in [0.5, 0.6) is 0 Å². The predicted molar refractivity (Wildman–Crippen MR) is 82.6 cm³/mol. The van der Waals surface area contributed by atoms with Gasteiger partial charge in [0.1, 0.15) is 11.2 Å². The molecule has 2 aliphatic rings. The summed E-state index contributed by atoms with van der Waals surface area (Å²) >= 11 is 0. The zero-order valence-electron chi connectivity index (χ0n) is 14.9. The lowest BCUT2D eigenvalue weighted by Gasteiger charge is -2.25. The molecule has 1 spiro atoms. The highest BCUT2D eigenvalue weighted by molar-refractivity contribution is 5.86. The van der Waals surface area contributed by atoms with Crippen LogP contribution in [0.25, 0.3) is 0 Å². The summed E-state index contributed by atoms with van der Waals surface area (Å²) in [5, 5.41) is 0. The number of carbonyl (C=O) groups excluding carboxylic acids is 2. The van der Waals surface area contributed by atoms with Crippen molar-refractivity contribution in [2.45, 2.75) is 96.4 Å². The zero-order valence-corrected chi connectivity index (χ0v) is 14.9. The monoisotopic (exact) mass is 328 g/mol. The second-order valence-electron chi connectivity index (χ2n) is 8.26. The summed E-state index contributed by atoms with van der Waals surface area (Å²) in [4.78, 5) is 24.9. The van der Waals surface area contributed by atoms with Crippen LogP contribution in [-0.2, 0) is 28.5 Å². The van der Waals surface area contributed by atoms with Gasteiger partial charge in [-0.05, 0) is 54.4 Å². The smallest absolute Gasteiger partial charge is 0.339 e. The van der Waals surface area contributed by atoms with E-state index in [0.717, 1.165) is 12.8 Å². The quantitative estimate of drug-likeness (QED) is 0.726. The number of hydrogen-bond donors (Lipinski definition) is 0. The van der Waals surface area contributed by atoms with Crippen molar-refractivity contribution in [3.05, 3.63) is 0 Å². The summed E-state index contributed by atoms with van der Waals surface area (Å²) < 4.78 is 22.5. The maximum atomic E-state index is 12.4. The van der Waals surface area contributed by atoms with Crippen molar-refractivity contribution in [1.82, 2.24) is 0 Å². The Kier molecular flexibility index (Phi) is 4.79. The topological polar surface area (TPSA) is 71.1 Å². The molecule has 0 aromatic rings. The van der Waals surface area contributed by atoms with Crippen LogP contribution < -0.4 is 0 Å². The van der Waals surface area contributed by atoms with Crippen LogP contribution in [-0.4, -0.2) is 41.1 Å². The molecule has 1 heterocycles. The van der Waals surface area contributed by atoms with Crippen molar-refractivity contribution in [3.8, 4) is 0 Å². The van der Waals surface area contributed by atoms with Gasteiger partial charge in [-0.1, -0.05) is 0 Å². The highest BCUT2D eigenvalue weighted by Gasteiger charge is 2.56. The molecule has 6 nitrogen and oxygen atoms in total. The van der Waals surface area contributed by atoms with Gasteiger partial charge in [0, 0.05) is 12.8 Å². The molecule has 0 amide bonds. The molecule has 23 heavy (non-hydrogen) atoms. The Hall–Kier alpha value is -1.14. The molecule has 0 aromatic carbocycles. The minimum absolute atomic E-state index is 0.586. The Labute approximate surface area is 137 Å². The summed E-state index contributed by atoms with van der Waals surface area (Å²) in [6.45, 7) is 10.6. The fraction of sp³-hybridized carbons (Fsp3) is 0.882. The Bertz CT molecular complexity index is 426. The van der Waals surface area contributed by atoms with E-state index < -0.39 is 41.1 Å². The molecule has 0 radical (unpaired) electrons. The summed E-state index contributed by atoms with van der Waals surface area (Å²) in [5.74, 6) is -2.03. The van der Waals surface area contributed by atoms with Crippen molar-refractivity contribution in [2.75, 3.05) is 0 Å². The average molecular weight is 328 g/mol. The van der Waals surface area contributed by atoms with Crippen LogP contribution in [0, 0.1) is 0 Å². The molecule has 0 unspecified atom stereocenters. The minimum atomic E-state index is -1.08. The first-order chi connectivity index (χ1) is 10.4. The Morgan fingerprint density at radius 2 is 1.17 bits per heavy atom. The highest BCUT2D eigenvalue weighted by Crippen LogP contribution is 2.43. The van der Waals surface area contributed by atoms with Gasteiger partial charge in [-0.2, -0.15) is 0 Å². The van der Waals surface area contributed by atoms with Gasteiger partial charge in [-0.25, -0.2) is 9.59 Å². The lowest BCUT2D eigenvalue weighted by Crippen LogP contribution is -2.43. The summed E-state index contributed by atoms with van der Waals surface area (Å²) in [6, 6.07) is 0. The third kappa shape index (κ3) is 4.67. The van der Waals surface area contributed by atoms with Crippen LogP contribution in [0.3, 0.4) is 0 Å². The van der Waals surface area contributed by atoms with Crippen molar-refractivity contribution < 1.29 is 28.5 Å². The van der Waals surface area contributed by atoms with Gasteiger partial charge in [0.05, 0.1) is 0 Å². The first-order valence-corrected chi connectivity index (χ1v) is 8.22. The van der Waals surface area contributed by atoms with E-state index in [2.05, 4.69) is 0 Å². The van der Waals surface area contributed by atoms with E-state index in [1.54, 1.807) is 41.5 Å². The van der Waals surface area contributed by atoms with E-state index in [1.165, 1.54) is 0 Å². The van der Waals surface area contributed by atoms with E-state index in [4.69, 9.17) is 18.9 Å². The Balaban J connectivity index is 2.17. The molecule has 1 aliphatic heterocycles. The zero-order chi connectivity index (χ0) is 17.5. The fourth-order valence-electron chi connectivity index (χ4n) is 2.83. The van der Waals surface area contributed by atoms with Crippen LogP contribution in [0.4, 0.5) is 0 Å². The van der Waals surface area contributed by atoms with E-state index in [0.29, 0.717) is 12.8 Å². The fourth-order valence-corrected chi connectivity index (χ4v) is 2.83. The van der Waals surface area contributed by atoms with Crippen LogP contribution in [0.2, 0.25) is 0 Å². The number of carbonyl (C=O) groups is 2. The van der Waals surface area contributed by atoms with Crippen molar-refractivity contribution in [1.29, 1.82) is 0 Å². The lowest BCUT2D eigenvalue weighted by molar-refractivity contribution is -0.191. The largest absolute Gasteiger partial charge is 0.458 e. The first-order valence-electron chi connectivity index (χ1n) is 8.22. The third-order valence-electron chi connectivity index (χ3n) is 3.60. The van der Waals surface area contributed by atoms with Gasteiger partial charge < -0.3 is 18.9 Å². The van der Waals surface area contributed by atoms with E-state index in [-0.39, 0.29) is 0 Å². The Morgan fingerprint density at radius 1 is 0.826 bits per heavy atom. The second kappa shape index (κ2) is 6.06. The van der Waals surface area contributed by atoms with Gasteiger partial charge in [-0.15, -0.1) is 0 Å². The molecule has 0 bridgehead atoms. The number of ether oxygens (including phenoxy) is 4. The molecular formula is C17H28O6. The maximum absolute atomic E-state index is 12.4. The molecule has 1 saturated heterocycles. The number of esters is 2. The van der Waals surface area contributed by atoms with Gasteiger partial charge in [0.25, 0.3) is 0 Å². The Morgan fingerprint density at radius 3 is 1.48 bits per heavy atom. The normalized spacial score (nSPS) is 27.2. The second-order valence-corrected chi connectivity index (χ2v) is 8.26. The maximum Gasteiger partial charge on any atom is 0.339 e. The predicted octanol–water partition coefficient (Wildman–Crippen LogP) is 2.72. The summed E-state index contributed by atoms with van der Waals surface area (Å²) in [5.41, 5.74) is -1.32. The molecule has 132 valence electrons. The van der Waals surface area contributed by atoms with Gasteiger partial charge in [0.2, 0.25) is 0 Å². The molecule has 1 aliphatic carbocycles. The van der Waals surface area contributed by atoms with E-state index in [9.17, 15) is 9.59 Å². The molecular weight excluding hydrogens is 300 g/mol. The van der Waals surface area contributed by atoms with Crippen LogP contribution in [0.1, 0.15) is 67.2 Å².